The van der Waals surface area contributed by atoms with Crippen LogP contribution in [0.5, 0.6) is 0 Å². The molecule has 0 saturated carbocycles. The van der Waals surface area contributed by atoms with Crippen LogP contribution in [0.4, 0.5) is 4.39 Å². The van der Waals surface area contributed by atoms with Crippen molar-refractivity contribution in [3.63, 3.8) is 0 Å². The van der Waals surface area contributed by atoms with E-state index in [1.165, 1.54) is 22.5 Å². The minimum absolute atomic E-state index is 0.0441. The van der Waals surface area contributed by atoms with Crippen LogP contribution in [0.25, 0.3) is 11.2 Å². The third kappa shape index (κ3) is 3.65. The topological polar surface area (TPSA) is 77.3 Å². The van der Waals surface area contributed by atoms with Gasteiger partial charge in [-0.15, -0.1) is 0 Å². The van der Waals surface area contributed by atoms with Crippen LogP contribution < -0.4 is 0 Å². The third-order valence-electron chi connectivity index (χ3n) is 5.34. The number of halogens is 1. The number of methoxy groups -OCH3 is 1. The van der Waals surface area contributed by atoms with Crippen LogP contribution in [0.3, 0.4) is 0 Å². The summed E-state index contributed by atoms with van der Waals surface area (Å²) in [6, 6.07) is 7.64. The summed E-state index contributed by atoms with van der Waals surface area (Å²) in [4.78, 5) is 9.29. The van der Waals surface area contributed by atoms with Crippen LogP contribution in [-0.4, -0.2) is 54.1 Å². The molecule has 0 spiro atoms. The maximum Gasteiger partial charge on any atom is 0.243 e. The quantitative estimate of drug-likeness (QED) is 0.615. The number of aromatic nitrogens is 3. The van der Waals surface area contributed by atoms with Crippen molar-refractivity contribution in [2.24, 2.45) is 0 Å². The summed E-state index contributed by atoms with van der Waals surface area (Å²) in [6.07, 6.45) is 2.38. The summed E-state index contributed by atoms with van der Waals surface area (Å²) >= 11 is 0. The average Bonchev–Trinajstić information content (AvgIpc) is 3.33. The Bertz CT molecular complexity index is 1150. The first kappa shape index (κ1) is 19.9. The van der Waals surface area contributed by atoms with Crippen LogP contribution in [0.2, 0.25) is 0 Å². The van der Waals surface area contributed by atoms with E-state index in [1.54, 1.807) is 20.2 Å². The molecule has 3 aromatic rings. The number of imidazole rings is 1. The molecular formula is C20H23FN4O3S. The first-order chi connectivity index (χ1) is 13.9. The van der Waals surface area contributed by atoms with E-state index in [-0.39, 0.29) is 10.8 Å². The highest BCUT2D eigenvalue weighted by Crippen LogP contribution is 2.32. The molecular weight excluding hydrogens is 395 g/mol. The van der Waals surface area contributed by atoms with Gasteiger partial charge in [0.25, 0.3) is 0 Å². The zero-order chi connectivity index (χ0) is 20.6. The SMILES string of the molecule is COCCn1c(C2CCN(S(=O)(=O)c3ccc(F)c(C)c3)C2)nc2cccnc21. The maximum absolute atomic E-state index is 13.6. The van der Waals surface area contributed by atoms with Crippen LogP contribution in [-0.2, 0) is 21.3 Å². The molecule has 1 aromatic carbocycles. The lowest BCUT2D eigenvalue weighted by atomic mass is 10.1. The fourth-order valence-electron chi connectivity index (χ4n) is 3.77. The fraction of sp³-hybridized carbons (Fsp3) is 0.400. The number of rotatable bonds is 6. The molecule has 1 saturated heterocycles. The van der Waals surface area contributed by atoms with E-state index in [0.717, 1.165) is 17.0 Å². The van der Waals surface area contributed by atoms with Crippen molar-refractivity contribution >= 4 is 21.2 Å². The van der Waals surface area contributed by atoms with E-state index >= 15 is 0 Å². The molecule has 154 valence electrons. The van der Waals surface area contributed by atoms with E-state index < -0.39 is 15.8 Å². The van der Waals surface area contributed by atoms with Gasteiger partial charge in [-0.05, 0) is 49.2 Å². The lowest BCUT2D eigenvalue weighted by Crippen LogP contribution is -2.29. The highest BCUT2D eigenvalue weighted by atomic mass is 32.2. The minimum Gasteiger partial charge on any atom is -0.383 e. The normalized spacial score (nSPS) is 18.0. The van der Waals surface area contributed by atoms with Gasteiger partial charge in [-0.25, -0.2) is 22.8 Å². The molecule has 1 atom stereocenters. The molecule has 1 fully saturated rings. The number of pyridine rings is 1. The van der Waals surface area contributed by atoms with Crippen LogP contribution in [0.1, 0.15) is 23.7 Å². The third-order valence-corrected chi connectivity index (χ3v) is 7.20. The van der Waals surface area contributed by atoms with Crippen molar-refractivity contribution < 1.29 is 17.5 Å². The molecule has 0 N–H and O–H groups in total. The van der Waals surface area contributed by atoms with Gasteiger partial charge in [0.05, 0.1) is 11.5 Å². The van der Waals surface area contributed by atoms with Crippen LogP contribution in [0, 0.1) is 12.7 Å². The van der Waals surface area contributed by atoms with E-state index in [2.05, 4.69) is 4.98 Å². The van der Waals surface area contributed by atoms with Gasteiger partial charge >= 0.3 is 0 Å². The molecule has 2 aromatic heterocycles. The second-order valence-corrected chi connectivity index (χ2v) is 9.16. The summed E-state index contributed by atoms with van der Waals surface area (Å²) < 4.78 is 48.3. The zero-order valence-corrected chi connectivity index (χ0v) is 17.2. The van der Waals surface area contributed by atoms with E-state index in [4.69, 9.17) is 9.72 Å². The second-order valence-electron chi connectivity index (χ2n) is 7.22. The number of ether oxygens (including phenoxy) is 1. The Balaban J connectivity index is 1.63. The first-order valence-electron chi connectivity index (χ1n) is 9.48. The number of nitrogens with zero attached hydrogens (tertiary/aromatic N) is 4. The minimum atomic E-state index is -3.69. The van der Waals surface area contributed by atoms with Crippen molar-refractivity contribution in [2.45, 2.75) is 30.7 Å². The molecule has 7 nitrogen and oxygen atoms in total. The maximum atomic E-state index is 13.6. The summed E-state index contributed by atoms with van der Waals surface area (Å²) in [5.74, 6) is 0.365. The van der Waals surface area contributed by atoms with Crippen molar-refractivity contribution in [1.29, 1.82) is 0 Å². The highest BCUT2D eigenvalue weighted by Gasteiger charge is 2.35. The molecule has 0 bridgehead atoms. The average molecular weight is 418 g/mol. The van der Waals surface area contributed by atoms with E-state index in [0.29, 0.717) is 38.2 Å². The highest BCUT2D eigenvalue weighted by molar-refractivity contribution is 7.89. The number of hydrogen-bond acceptors (Lipinski definition) is 5. The Labute approximate surface area is 169 Å². The predicted molar refractivity (Wildman–Crippen MR) is 107 cm³/mol. The largest absolute Gasteiger partial charge is 0.383 e. The zero-order valence-electron chi connectivity index (χ0n) is 16.4. The number of sulfonamides is 1. The van der Waals surface area contributed by atoms with Gasteiger partial charge in [-0.3, -0.25) is 0 Å². The summed E-state index contributed by atoms with van der Waals surface area (Å²) in [5, 5.41) is 0. The van der Waals surface area contributed by atoms with Gasteiger partial charge in [0.1, 0.15) is 17.2 Å². The van der Waals surface area contributed by atoms with Gasteiger partial charge in [-0.2, -0.15) is 4.31 Å². The molecule has 9 heteroatoms. The molecule has 1 aliphatic heterocycles. The van der Waals surface area contributed by atoms with Crippen LogP contribution in [0.15, 0.2) is 41.4 Å². The van der Waals surface area contributed by atoms with Gasteiger partial charge in [0, 0.05) is 38.9 Å². The number of fused-ring (bicyclic) bond motifs is 1. The van der Waals surface area contributed by atoms with Crippen molar-refractivity contribution in [1.82, 2.24) is 18.8 Å². The standard InChI is InChI=1S/C20H23FN4O3S/c1-14-12-16(5-6-17(14)21)29(26,27)24-9-7-15(13-24)19-23-18-4-3-8-22-20(18)25(19)10-11-28-2/h3-6,8,12,15H,7,9-11,13H2,1-2H3. The van der Waals surface area contributed by atoms with Gasteiger partial charge < -0.3 is 9.30 Å². The van der Waals surface area contributed by atoms with E-state index in [1.807, 2.05) is 16.7 Å². The van der Waals surface area contributed by atoms with Gasteiger partial charge in [0.15, 0.2) is 5.65 Å². The second kappa shape index (κ2) is 7.81. The molecule has 0 amide bonds. The Morgan fingerprint density at radius 2 is 2.14 bits per heavy atom. The Hall–Kier alpha value is -2.36. The smallest absolute Gasteiger partial charge is 0.243 e. The monoisotopic (exact) mass is 418 g/mol. The lowest BCUT2D eigenvalue weighted by Gasteiger charge is -2.17. The number of hydrogen-bond donors (Lipinski definition) is 0. The van der Waals surface area contributed by atoms with Gasteiger partial charge in [0.2, 0.25) is 10.0 Å². The summed E-state index contributed by atoms with van der Waals surface area (Å²) in [6.45, 7) is 3.39. The fourth-order valence-corrected chi connectivity index (χ4v) is 5.36. The van der Waals surface area contributed by atoms with Crippen molar-refractivity contribution in [3.05, 3.63) is 53.7 Å². The molecule has 3 heterocycles. The van der Waals surface area contributed by atoms with E-state index in [9.17, 15) is 12.8 Å². The Kier molecular flexibility index (Phi) is 5.37. The molecule has 0 radical (unpaired) electrons. The van der Waals surface area contributed by atoms with Crippen molar-refractivity contribution in [2.75, 3.05) is 26.8 Å². The first-order valence-corrected chi connectivity index (χ1v) is 10.9. The van der Waals surface area contributed by atoms with Gasteiger partial charge in [-0.1, -0.05) is 0 Å². The van der Waals surface area contributed by atoms with Crippen molar-refractivity contribution in [3.8, 4) is 0 Å². The number of benzene rings is 1. The number of aryl methyl sites for hydroxylation is 1. The Morgan fingerprint density at radius 3 is 2.90 bits per heavy atom. The molecule has 29 heavy (non-hydrogen) atoms. The summed E-state index contributed by atoms with van der Waals surface area (Å²) in [5.41, 5.74) is 1.87. The molecule has 1 aliphatic rings. The summed E-state index contributed by atoms with van der Waals surface area (Å²) in [7, 11) is -2.05. The molecule has 1 unspecified atom stereocenters. The Morgan fingerprint density at radius 1 is 1.31 bits per heavy atom. The molecule has 0 aliphatic carbocycles. The molecule has 4 rings (SSSR count). The van der Waals surface area contributed by atoms with Crippen LogP contribution >= 0.6 is 0 Å². The predicted octanol–water partition coefficient (Wildman–Crippen LogP) is 2.70. The lowest BCUT2D eigenvalue weighted by molar-refractivity contribution is 0.187.